The highest BCUT2D eigenvalue weighted by Gasteiger charge is 2.40. The second-order valence-electron chi connectivity index (χ2n) is 19.8. The number of benzene rings is 1. The number of pyridine rings is 2. The summed E-state index contributed by atoms with van der Waals surface area (Å²) < 4.78 is 14.1. The van der Waals surface area contributed by atoms with Crippen LogP contribution in [0, 0.1) is 29.1 Å². The molecule has 0 aliphatic carbocycles. The summed E-state index contributed by atoms with van der Waals surface area (Å²) in [5, 5.41) is 5.51. The Kier molecular flexibility index (Phi) is 23.1. The van der Waals surface area contributed by atoms with Crippen molar-refractivity contribution >= 4 is 94.5 Å². The molecule has 394 valence electrons. The largest absolute Gasteiger partial charge is 0.464 e. The van der Waals surface area contributed by atoms with Gasteiger partial charge in [0.15, 0.2) is 0 Å². The minimum Gasteiger partial charge on any atom is -0.464 e. The van der Waals surface area contributed by atoms with Crippen molar-refractivity contribution in [3.63, 3.8) is 0 Å². The quantitative estimate of drug-likeness (QED) is 0.163. The molecule has 0 saturated carbocycles. The third-order valence-corrected chi connectivity index (χ3v) is 13.2. The van der Waals surface area contributed by atoms with Gasteiger partial charge in [-0.2, -0.15) is 54.0 Å². The molecule has 0 spiro atoms. The number of fused-ring (bicyclic) bond motifs is 6. The fraction of sp³-hybridized carbons (Fsp3) is 0.519. The van der Waals surface area contributed by atoms with Gasteiger partial charge >= 0.3 is 5.97 Å². The number of hydrazine groups is 1. The summed E-state index contributed by atoms with van der Waals surface area (Å²) >= 11 is 0. The molecule has 1 aromatic carbocycles. The fourth-order valence-corrected chi connectivity index (χ4v) is 9.84. The van der Waals surface area contributed by atoms with E-state index in [1.165, 1.54) is 9.91 Å². The summed E-state index contributed by atoms with van der Waals surface area (Å²) in [6.45, 7) is 12.6. The van der Waals surface area contributed by atoms with E-state index in [1.54, 1.807) is 37.6 Å². The minimum atomic E-state index is -1.10. The molecule has 2 N–H and O–H groups in total. The molecule has 6 heterocycles. The molecular formula is C52H75N9O7S4. The number of cyclic esters (lactones) is 1. The summed E-state index contributed by atoms with van der Waals surface area (Å²) in [6, 6.07) is 7.55. The summed E-state index contributed by atoms with van der Waals surface area (Å²) in [4.78, 5) is 84.2. The van der Waals surface area contributed by atoms with E-state index in [0.717, 1.165) is 44.4 Å². The van der Waals surface area contributed by atoms with Gasteiger partial charge in [0, 0.05) is 99.0 Å². The lowest BCUT2D eigenvalue weighted by atomic mass is 9.84. The number of methoxy groups -OCH3 is 1. The standard InChI is InChI=1S/C52H67N9O7.4H2S/c1-10-60-44-16-15-35-25-39(44)40(47(60)41-29-53-19-17-37(41)31-67-9)26-52(4,5)32-68-51(66)42-13-11-21-61(56-42)50(65)43(24-34-23-38(35)28-54-27-34)55-48(63)46(33(2)3)58(8)49(64)36-18-22-59(30-36)45(62)14-12-20-57(6)7;;;;/h15-17,19,23,25,27-29,33,36,42-43,46,56H,10-11,13,18,20-22,24,26,30-32H2,1-9H3,(H,55,63);4*1H2/t36-,42-,43-,46-;;;;/m0..../s1. The zero-order valence-electron chi connectivity index (χ0n) is 43.1. The topological polar surface area (TPSA) is 172 Å². The van der Waals surface area contributed by atoms with Gasteiger partial charge in [0.25, 0.3) is 11.8 Å². The molecule has 0 unspecified atom stereocenters. The van der Waals surface area contributed by atoms with Gasteiger partial charge in [-0.05, 0) is 105 Å². The van der Waals surface area contributed by atoms with Crippen molar-refractivity contribution in [2.75, 3.05) is 61.0 Å². The summed E-state index contributed by atoms with van der Waals surface area (Å²) in [6.07, 6.45) is 9.27. The maximum atomic E-state index is 14.7. The molecule has 2 saturated heterocycles. The lowest BCUT2D eigenvalue weighted by Gasteiger charge is -2.37. The Bertz CT molecular complexity index is 2620. The number of likely N-dealkylation sites (tertiary alicyclic amines) is 1. The molecule has 7 rings (SSSR count). The number of nitrogens with one attached hydrogen (secondary N) is 2. The Morgan fingerprint density at radius 2 is 1.74 bits per heavy atom. The predicted octanol–water partition coefficient (Wildman–Crippen LogP) is 4.93. The first-order chi connectivity index (χ1) is 32.5. The molecule has 4 amide bonds. The van der Waals surface area contributed by atoms with Crippen molar-refractivity contribution in [1.29, 1.82) is 0 Å². The van der Waals surface area contributed by atoms with Crippen molar-refractivity contribution in [3.05, 3.63) is 71.8 Å². The first-order valence-corrected chi connectivity index (χ1v) is 23.8. The highest BCUT2D eigenvalue weighted by atomic mass is 32.1. The normalized spacial score (nSPS) is 19.0. The van der Waals surface area contributed by atoms with E-state index >= 15 is 0 Å². The third kappa shape index (κ3) is 14.1. The zero-order valence-corrected chi connectivity index (χ0v) is 47.1. The Morgan fingerprint density at radius 3 is 2.43 bits per heavy atom. The van der Waals surface area contributed by atoms with Gasteiger partial charge in [-0.3, -0.25) is 43.8 Å². The number of aromatic nitrogens is 3. The van der Waals surface area contributed by atoms with Crippen LogP contribution in [0.3, 0.4) is 0 Å². The van der Waals surface area contributed by atoms with Crippen LogP contribution in [0.15, 0.2) is 55.1 Å². The van der Waals surface area contributed by atoms with E-state index in [-0.39, 0.29) is 91.3 Å². The molecule has 72 heavy (non-hydrogen) atoms. The summed E-state index contributed by atoms with van der Waals surface area (Å²) in [7, 11) is 7.03. The predicted molar refractivity (Wildman–Crippen MR) is 301 cm³/mol. The van der Waals surface area contributed by atoms with Crippen LogP contribution in [0.5, 0.6) is 0 Å². The number of nitrogens with zero attached hydrogens (tertiary/aromatic N) is 7. The number of hydrogen-bond donors (Lipinski definition) is 2. The van der Waals surface area contributed by atoms with Crippen LogP contribution in [0.25, 0.3) is 33.3 Å². The first kappa shape index (κ1) is 61.5. The fourth-order valence-electron chi connectivity index (χ4n) is 9.84. The number of likely N-dealkylation sites (N-methyl/N-ethyl adjacent to an activating group) is 1. The van der Waals surface area contributed by atoms with Crippen LogP contribution in [0.1, 0.15) is 70.6 Å². The summed E-state index contributed by atoms with van der Waals surface area (Å²) in [5.41, 5.74) is 10.3. The molecule has 3 aliphatic heterocycles. The summed E-state index contributed by atoms with van der Waals surface area (Å²) in [5.74, 6) is 2.72. The maximum Gasteiger partial charge on any atom is 0.324 e. The van der Waals surface area contributed by atoms with E-state index < -0.39 is 47.2 Å². The Labute approximate surface area is 452 Å². The second kappa shape index (κ2) is 27.0. The van der Waals surface area contributed by atoms with Crippen LogP contribution < -0.4 is 10.7 Å². The van der Waals surface area contributed by atoms with E-state index in [0.29, 0.717) is 64.0 Å². The number of aryl methyl sites for hydroxylation is 1. The van der Waals surface area contributed by atoms with Crippen molar-refractivity contribution in [2.24, 2.45) is 17.3 Å². The average molecular weight is 1070 g/mol. The monoisotopic (exact) mass is 1070 g/mol. The SMILES string of the molecule is CCn1c(-c2cnccc2COC)c2c3cc(ccc31)-c1cncc(c1)C[C@H](NC(=O)[C@H](C(C)C)N(C)C(=O)[C@H]1CCN(C(=O)C#CCN(C)C)C1)C(=O)N1CCC[C@H](N1)C(=O)OCC(C)(C)C2.S.S.S.S. The van der Waals surface area contributed by atoms with E-state index in [2.05, 4.69) is 76.1 Å². The van der Waals surface area contributed by atoms with Crippen LogP contribution in [0.4, 0.5) is 0 Å². The highest BCUT2D eigenvalue weighted by Crippen LogP contribution is 2.41. The van der Waals surface area contributed by atoms with Gasteiger partial charge in [0.1, 0.15) is 18.1 Å². The first-order valence-electron chi connectivity index (χ1n) is 23.8. The molecule has 4 atom stereocenters. The second-order valence-corrected chi connectivity index (χ2v) is 19.8. The molecule has 3 aromatic heterocycles. The van der Waals surface area contributed by atoms with Crippen molar-refractivity contribution in [3.8, 4) is 34.2 Å². The van der Waals surface area contributed by atoms with Crippen LogP contribution in [-0.4, -0.2) is 143 Å². The average Bonchev–Trinajstić information content (AvgIpc) is 3.93. The number of ether oxygens (including phenoxy) is 2. The van der Waals surface area contributed by atoms with E-state index in [1.807, 2.05) is 51.2 Å². The van der Waals surface area contributed by atoms with Gasteiger partial charge < -0.3 is 29.2 Å². The number of rotatable bonds is 10. The lowest BCUT2D eigenvalue weighted by Crippen LogP contribution is -2.62. The molecule has 16 nitrogen and oxygen atoms in total. The Hall–Kier alpha value is -4.75. The van der Waals surface area contributed by atoms with Gasteiger partial charge in [0.05, 0.1) is 31.4 Å². The number of carbonyl (C=O) groups excluding carboxylic acids is 5. The smallest absolute Gasteiger partial charge is 0.324 e. The number of amides is 4. The lowest BCUT2D eigenvalue weighted by molar-refractivity contribution is -0.155. The van der Waals surface area contributed by atoms with Crippen LogP contribution >= 0.6 is 54.0 Å². The molecule has 20 heteroatoms. The van der Waals surface area contributed by atoms with E-state index in [9.17, 15) is 24.0 Å². The number of hydrogen-bond acceptors (Lipinski definition) is 11. The van der Waals surface area contributed by atoms with Gasteiger partial charge in [-0.15, -0.1) is 0 Å². The molecule has 3 aliphatic rings. The van der Waals surface area contributed by atoms with Gasteiger partial charge in [-0.25, -0.2) is 5.43 Å². The van der Waals surface area contributed by atoms with Crippen LogP contribution in [0.2, 0.25) is 0 Å². The molecule has 2 fully saturated rings. The van der Waals surface area contributed by atoms with Gasteiger partial charge in [-0.1, -0.05) is 39.7 Å². The molecule has 6 bridgehead atoms. The molecular weight excluding hydrogens is 991 g/mol. The Balaban J connectivity index is 0.00000342. The number of carbonyl (C=O) groups is 5. The van der Waals surface area contributed by atoms with Crippen molar-refractivity contribution in [2.45, 2.75) is 98.0 Å². The minimum absolute atomic E-state index is 0. The zero-order chi connectivity index (χ0) is 48.9. The van der Waals surface area contributed by atoms with Gasteiger partial charge in [0.2, 0.25) is 11.8 Å². The van der Waals surface area contributed by atoms with Crippen molar-refractivity contribution < 1.29 is 33.4 Å². The highest BCUT2D eigenvalue weighted by molar-refractivity contribution is 7.59. The third-order valence-electron chi connectivity index (χ3n) is 13.2. The maximum absolute atomic E-state index is 14.7. The van der Waals surface area contributed by atoms with E-state index in [4.69, 9.17) is 9.47 Å². The van der Waals surface area contributed by atoms with Crippen LogP contribution in [-0.2, 0) is 59.4 Å². The number of esters is 1. The molecule has 4 aromatic rings. The van der Waals surface area contributed by atoms with Crippen molar-refractivity contribution in [1.82, 2.24) is 45.0 Å². The Morgan fingerprint density at radius 1 is 0.986 bits per heavy atom. The molecule has 0 radical (unpaired) electrons.